The first-order valence-electron chi connectivity index (χ1n) is 12.4. The van der Waals surface area contributed by atoms with Crippen molar-refractivity contribution in [2.24, 2.45) is 11.3 Å². The van der Waals surface area contributed by atoms with Crippen LogP contribution >= 0.6 is 0 Å². The Hall–Kier alpha value is -3.19. The second-order valence-corrected chi connectivity index (χ2v) is 10.1. The summed E-state index contributed by atoms with van der Waals surface area (Å²) in [5.41, 5.74) is 2.72. The highest BCUT2D eigenvalue weighted by Gasteiger charge is 2.59. The van der Waals surface area contributed by atoms with Crippen LogP contribution in [0.25, 0.3) is 5.65 Å². The third-order valence-corrected chi connectivity index (χ3v) is 8.05. The number of fused-ring (bicyclic) bond motifs is 1. The van der Waals surface area contributed by atoms with Gasteiger partial charge < -0.3 is 14.2 Å². The summed E-state index contributed by atoms with van der Waals surface area (Å²) in [4.78, 5) is 37.2. The molecule has 0 unspecified atom stereocenters. The van der Waals surface area contributed by atoms with Gasteiger partial charge >= 0.3 is 0 Å². The Kier molecular flexibility index (Phi) is 5.37. The molecule has 1 atom stereocenters. The van der Waals surface area contributed by atoms with Crippen LogP contribution in [0.1, 0.15) is 35.3 Å². The number of benzene rings is 1. The van der Waals surface area contributed by atoms with Gasteiger partial charge in [0.15, 0.2) is 0 Å². The number of rotatable bonds is 4. The number of aromatic nitrogens is 2. The van der Waals surface area contributed by atoms with Crippen LogP contribution in [0.2, 0.25) is 0 Å². The van der Waals surface area contributed by atoms with Crippen molar-refractivity contribution in [1.82, 2.24) is 24.1 Å². The Morgan fingerprint density at radius 1 is 0.882 bits per heavy atom. The molecule has 0 bridgehead atoms. The van der Waals surface area contributed by atoms with E-state index in [0.717, 1.165) is 57.6 Å². The fraction of sp³-hybridized carbons (Fsp3) is 0.444. The lowest BCUT2D eigenvalue weighted by Gasteiger charge is -2.36. The van der Waals surface area contributed by atoms with Crippen molar-refractivity contribution in [2.75, 3.05) is 39.3 Å². The van der Waals surface area contributed by atoms with Crippen LogP contribution in [0.5, 0.6) is 0 Å². The molecule has 4 heterocycles. The van der Waals surface area contributed by atoms with Crippen molar-refractivity contribution in [3.63, 3.8) is 0 Å². The summed E-state index contributed by atoms with van der Waals surface area (Å²) >= 11 is 0. The summed E-state index contributed by atoms with van der Waals surface area (Å²) in [5, 5.41) is 0. The molecule has 1 saturated carbocycles. The summed E-state index contributed by atoms with van der Waals surface area (Å²) in [6, 6.07) is 16.3. The first-order chi connectivity index (χ1) is 16.6. The molecule has 2 aliphatic heterocycles. The predicted octanol–water partition coefficient (Wildman–Crippen LogP) is 2.92. The van der Waals surface area contributed by atoms with Gasteiger partial charge in [-0.25, -0.2) is 4.98 Å². The van der Waals surface area contributed by atoms with E-state index >= 15 is 0 Å². The van der Waals surface area contributed by atoms with Gasteiger partial charge in [0.2, 0.25) is 5.91 Å². The van der Waals surface area contributed by atoms with Crippen LogP contribution in [0, 0.1) is 11.3 Å². The molecule has 3 aliphatic rings. The molecule has 7 nitrogen and oxygen atoms in total. The molecular formula is C27H31N5O2. The lowest BCUT2D eigenvalue weighted by molar-refractivity contribution is -0.135. The van der Waals surface area contributed by atoms with Gasteiger partial charge in [0, 0.05) is 64.1 Å². The molecule has 1 aliphatic carbocycles. The van der Waals surface area contributed by atoms with Gasteiger partial charge in [0.25, 0.3) is 5.91 Å². The van der Waals surface area contributed by atoms with Gasteiger partial charge in [0.05, 0.1) is 0 Å². The van der Waals surface area contributed by atoms with E-state index in [9.17, 15) is 9.59 Å². The molecule has 0 radical (unpaired) electrons. The molecule has 2 aromatic heterocycles. The summed E-state index contributed by atoms with van der Waals surface area (Å²) < 4.78 is 1.88. The van der Waals surface area contributed by atoms with Gasteiger partial charge in [0.1, 0.15) is 11.3 Å². The Balaban J connectivity index is 1.00. The SMILES string of the molecule is O=C(c1cn2ccccc2n1)N1CCC2(CC1)C[C@H]2C(=O)N1CCN(Cc2ccccc2)CC1. The predicted molar refractivity (Wildman–Crippen MR) is 129 cm³/mol. The minimum Gasteiger partial charge on any atom is -0.340 e. The number of amides is 2. The van der Waals surface area contributed by atoms with E-state index in [-0.39, 0.29) is 17.2 Å². The average molecular weight is 458 g/mol. The minimum absolute atomic E-state index is 0.00313. The molecule has 0 N–H and O–H groups in total. The Morgan fingerprint density at radius 3 is 2.35 bits per heavy atom. The largest absolute Gasteiger partial charge is 0.340 e. The Morgan fingerprint density at radius 2 is 1.62 bits per heavy atom. The molecule has 176 valence electrons. The monoisotopic (exact) mass is 457 g/mol. The van der Waals surface area contributed by atoms with Crippen molar-refractivity contribution in [2.45, 2.75) is 25.8 Å². The molecule has 1 spiro atoms. The average Bonchev–Trinajstić information content (AvgIpc) is 3.39. The third-order valence-electron chi connectivity index (χ3n) is 8.05. The summed E-state index contributed by atoms with van der Waals surface area (Å²) in [6.45, 7) is 5.87. The molecule has 7 heteroatoms. The van der Waals surface area contributed by atoms with E-state index in [1.54, 1.807) is 0 Å². The van der Waals surface area contributed by atoms with Gasteiger partial charge in [-0.05, 0) is 42.4 Å². The number of hydrogen-bond donors (Lipinski definition) is 0. The maximum absolute atomic E-state index is 13.2. The number of carbonyl (C=O) groups is 2. The second kappa shape index (κ2) is 8.55. The van der Waals surface area contributed by atoms with E-state index in [4.69, 9.17) is 0 Å². The van der Waals surface area contributed by atoms with Gasteiger partial charge in [-0.1, -0.05) is 36.4 Å². The van der Waals surface area contributed by atoms with Crippen LogP contribution in [0.3, 0.4) is 0 Å². The number of carbonyl (C=O) groups excluding carboxylic acids is 2. The number of imidazole rings is 1. The summed E-state index contributed by atoms with van der Waals surface area (Å²) in [6.07, 6.45) is 6.52. The molecule has 3 fully saturated rings. The Labute approximate surface area is 200 Å². The van der Waals surface area contributed by atoms with Crippen molar-refractivity contribution < 1.29 is 9.59 Å². The van der Waals surface area contributed by atoms with Crippen LogP contribution in [0.15, 0.2) is 60.9 Å². The van der Waals surface area contributed by atoms with Crippen LogP contribution in [-0.4, -0.2) is 75.2 Å². The van der Waals surface area contributed by atoms with Crippen LogP contribution in [0.4, 0.5) is 0 Å². The maximum atomic E-state index is 13.2. The van der Waals surface area contributed by atoms with Crippen molar-refractivity contribution in [1.29, 1.82) is 0 Å². The van der Waals surface area contributed by atoms with E-state index < -0.39 is 0 Å². The number of hydrogen-bond acceptors (Lipinski definition) is 4. The molecule has 3 aromatic rings. The molecular weight excluding hydrogens is 426 g/mol. The standard InChI is InChI=1S/C27H31N5O2/c33-25(31-16-14-29(15-17-31)19-21-6-2-1-3-7-21)22-18-27(22)9-12-30(13-10-27)26(34)23-20-32-11-5-4-8-24(32)28-23/h1-8,11,20,22H,9-10,12-19H2/t22-/m0/s1. The zero-order valence-corrected chi connectivity index (χ0v) is 19.5. The maximum Gasteiger partial charge on any atom is 0.274 e. The van der Waals surface area contributed by atoms with Gasteiger partial charge in [-0.15, -0.1) is 0 Å². The minimum atomic E-state index is -0.00313. The zero-order valence-electron chi connectivity index (χ0n) is 19.5. The summed E-state index contributed by atoms with van der Waals surface area (Å²) in [5.74, 6) is 0.469. The highest BCUT2D eigenvalue weighted by Crippen LogP contribution is 2.60. The van der Waals surface area contributed by atoms with Crippen molar-refractivity contribution in [3.8, 4) is 0 Å². The molecule has 6 rings (SSSR count). The Bertz CT molecular complexity index is 1160. The third kappa shape index (κ3) is 3.98. The first-order valence-corrected chi connectivity index (χ1v) is 12.4. The molecule has 34 heavy (non-hydrogen) atoms. The number of piperidine rings is 1. The molecule has 2 amide bonds. The molecule has 1 aromatic carbocycles. The zero-order chi connectivity index (χ0) is 23.1. The summed E-state index contributed by atoms with van der Waals surface area (Å²) in [7, 11) is 0. The lowest BCUT2D eigenvalue weighted by atomic mass is 9.90. The van der Waals surface area contributed by atoms with Crippen molar-refractivity contribution in [3.05, 3.63) is 72.2 Å². The van der Waals surface area contributed by atoms with Gasteiger partial charge in [-0.3, -0.25) is 14.5 Å². The molecule has 2 saturated heterocycles. The van der Waals surface area contributed by atoms with E-state index in [1.807, 2.05) is 46.0 Å². The second-order valence-electron chi connectivity index (χ2n) is 10.1. The van der Waals surface area contributed by atoms with Crippen LogP contribution in [-0.2, 0) is 11.3 Å². The number of likely N-dealkylation sites (tertiary alicyclic amines) is 1. The number of nitrogens with zero attached hydrogens (tertiary/aromatic N) is 5. The van der Waals surface area contributed by atoms with E-state index in [2.05, 4.69) is 39.0 Å². The number of pyridine rings is 1. The van der Waals surface area contributed by atoms with Crippen LogP contribution < -0.4 is 0 Å². The lowest BCUT2D eigenvalue weighted by Crippen LogP contribution is -2.49. The van der Waals surface area contributed by atoms with E-state index in [0.29, 0.717) is 24.7 Å². The first kappa shape index (κ1) is 21.4. The fourth-order valence-electron chi connectivity index (χ4n) is 5.79. The number of piperazine rings is 1. The quantitative estimate of drug-likeness (QED) is 0.605. The van der Waals surface area contributed by atoms with Gasteiger partial charge in [-0.2, -0.15) is 0 Å². The fourth-order valence-corrected chi connectivity index (χ4v) is 5.79. The topological polar surface area (TPSA) is 61.2 Å². The smallest absolute Gasteiger partial charge is 0.274 e. The van der Waals surface area contributed by atoms with E-state index in [1.165, 1.54) is 5.56 Å². The van der Waals surface area contributed by atoms with Crippen molar-refractivity contribution >= 4 is 17.5 Å². The highest BCUT2D eigenvalue weighted by atomic mass is 16.2. The normalized spacial score (nSPS) is 22.3. The highest BCUT2D eigenvalue weighted by molar-refractivity contribution is 5.93.